The number of carbonyl (C=O) groups is 2. The van der Waals surface area contributed by atoms with Gasteiger partial charge in [-0.25, -0.2) is 14.2 Å². The molecule has 0 saturated heterocycles. The van der Waals surface area contributed by atoms with Gasteiger partial charge in [0, 0.05) is 30.9 Å². The third-order valence-corrected chi connectivity index (χ3v) is 4.81. The number of halogens is 1. The van der Waals surface area contributed by atoms with Gasteiger partial charge in [0.2, 0.25) is 5.91 Å². The SMILES string of the molecule is CC(=O)Nc1cc(Oc2ccc(NC(=O)Nc3cc(C(C)(C)C)ccc3C)c(F)c2)ccn1. The maximum Gasteiger partial charge on any atom is 0.323 e. The van der Waals surface area contributed by atoms with Gasteiger partial charge in [0.15, 0.2) is 0 Å². The lowest BCUT2D eigenvalue weighted by atomic mass is 9.86. The van der Waals surface area contributed by atoms with Crippen molar-refractivity contribution in [2.24, 2.45) is 0 Å². The molecule has 3 amide bonds. The number of nitrogens with zero attached hydrogens (tertiary/aromatic N) is 1. The second-order valence-corrected chi connectivity index (χ2v) is 8.66. The first-order valence-corrected chi connectivity index (χ1v) is 10.4. The third-order valence-electron chi connectivity index (χ3n) is 4.81. The molecule has 172 valence electrons. The van der Waals surface area contributed by atoms with E-state index < -0.39 is 11.8 Å². The first kappa shape index (κ1) is 23.7. The van der Waals surface area contributed by atoms with E-state index in [1.54, 1.807) is 6.07 Å². The van der Waals surface area contributed by atoms with Crippen LogP contribution in [0, 0.1) is 12.7 Å². The minimum Gasteiger partial charge on any atom is -0.457 e. The van der Waals surface area contributed by atoms with Gasteiger partial charge in [0.25, 0.3) is 0 Å². The lowest BCUT2D eigenvalue weighted by Crippen LogP contribution is -2.21. The molecule has 0 unspecified atom stereocenters. The Balaban J connectivity index is 1.68. The average molecular weight is 451 g/mol. The zero-order valence-electron chi connectivity index (χ0n) is 19.2. The molecule has 1 aromatic heterocycles. The van der Waals surface area contributed by atoms with Gasteiger partial charge in [-0.2, -0.15) is 0 Å². The Labute approximate surface area is 192 Å². The topological polar surface area (TPSA) is 92.4 Å². The minimum atomic E-state index is -0.654. The zero-order chi connectivity index (χ0) is 24.2. The van der Waals surface area contributed by atoms with Crippen molar-refractivity contribution in [3.63, 3.8) is 0 Å². The van der Waals surface area contributed by atoms with Crippen LogP contribution in [-0.2, 0) is 10.2 Å². The van der Waals surface area contributed by atoms with Crippen molar-refractivity contribution < 1.29 is 18.7 Å². The van der Waals surface area contributed by atoms with Gasteiger partial charge in [-0.05, 0) is 47.7 Å². The van der Waals surface area contributed by atoms with Gasteiger partial charge in [-0.1, -0.05) is 32.9 Å². The largest absolute Gasteiger partial charge is 0.457 e. The van der Waals surface area contributed by atoms with Gasteiger partial charge in [-0.15, -0.1) is 0 Å². The molecule has 0 fully saturated rings. The second-order valence-electron chi connectivity index (χ2n) is 8.66. The Morgan fingerprint density at radius 2 is 1.61 bits per heavy atom. The van der Waals surface area contributed by atoms with Crippen molar-refractivity contribution in [1.82, 2.24) is 4.98 Å². The van der Waals surface area contributed by atoms with Gasteiger partial charge in [0.1, 0.15) is 23.1 Å². The number of rotatable bonds is 5. The molecule has 0 spiro atoms. The number of anilines is 3. The van der Waals surface area contributed by atoms with Gasteiger partial charge in [0.05, 0.1) is 5.69 Å². The summed E-state index contributed by atoms with van der Waals surface area (Å²) in [5.74, 6) is 0.00731. The smallest absolute Gasteiger partial charge is 0.323 e. The van der Waals surface area contributed by atoms with Crippen molar-refractivity contribution in [2.75, 3.05) is 16.0 Å². The fourth-order valence-electron chi connectivity index (χ4n) is 3.02. The Morgan fingerprint density at radius 3 is 2.27 bits per heavy atom. The first-order chi connectivity index (χ1) is 15.5. The minimum absolute atomic E-state index is 0.0122. The number of benzene rings is 2. The van der Waals surface area contributed by atoms with Gasteiger partial charge < -0.3 is 20.7 Å². The highest BCUT2D eigenvalue weighted by atomic mass is 19.1. The number of hydrogen-bond acceptors (Lipinski definition) is 4. The zero-order valence-corrected chi connectivity index (χ0v) is 19.2. The fourth-order valence-corrected chi connectivity index (χ4v) is 3.02. The number of aryl methyl sites for hydroxylation is 1. The highest BCUT2D eigenvalue weighted by Crippen LogP contribution is 2.28. The molecule has 3 rings (SSSR count). The van der Waals surface area contributed by atoms with E-state index >= 15 is 0 Å². The van der Waals surface area contributed by atoms with E-state index in [1.165, 1.54) is 37.4 Å². The normalized spacial score (nSPS) is 11.0. The molecule has 0 saturated carbocycles. The molecule has 0 aliphatic carbocycles. The molecule has 2 aromatic carbocycles. The Kier molecular flexibility index (Phi) is 6.96. The van der Waals surface area contributed by atoms with Crippen LogP contribution < -0.4 is 20.7 Å². The molecular formula is C25H27FN4O3. The Hall–Kier alpha value is -3.94. The summed E-state index contributed by atoms with van der Waals surface area (Å²) in [6.07, 6.45) is 1.47. The highest BCUT2D eigenvalue weighted by Gasteiger charge is 2.16. The summed E-state index contributed by atoms with van der Waals surface area (Å²) < 4.78 is 20.2. The lowest BCUT2D eigenvalue weighted by Gasteiger charge is -2.21. The van der Waals surface area contributed by atoms with Crippen LogP contribution in [0.4, 0.5) is 26.4 Å². The van der Waals surface area contributed by atoms with E-state index in [-0.39, 0.29) is 22.8 Å². The fraction of sp³-hybridized carbons (Fsp3) is 0.240. The Bertz CT molecular complexity index is 1190. The summed E-state index contributed by atoms with van der Waals surface area (Å²) in [6, 6.07) is 12.6. The van der Waals surface area contributed by atoms with Gasteiger partial charge in [-0.3, -0.25) is 4.79 Å². The van der Waals surface area contributed by atoms with Crippen LogP contribution in [0.15, 0.2) is 54.7 Å². The van der Waals surface area contributed by atoms with E-state index in [1.807, 2.05) is 25.1 Å². The predicted octanol–water partition coefficient (Wildman–Crippen LogP) is 6.22. The number of carbonyl (C=O) groups excluding carboxylic acids is 2. The van der Waals surface area contributed by atoms with Crippen molar-refractivity contribution >= 4 is 29.1 Å². The number of ether oxygens (including phenoxy) is 1. The number of nitrogens with one attached hydrogen (secondary N) is 3. The summed E-state index contributed by atoms with van der Waals surface area (Å²) in [4.78, 5) is 27.7. The second kappa shape index (κ2) is 9.68. The molecule has 3 aromatic rings. The van der Waals surface area contributed by atoms with Crippen LogP contribution in [-0.4, -0.2) is 16.9 Å². The predicted molar refractivity (Wildman–Crippen MR) is 128 cm³/mol. The molecule has 0 bridgehead atoms. The summed E-state index contributed by atoms with van der Waals surface area (Å²) in [7, 11) is 0. The van der Waals surface area contributed by atoms with E-state index in [2.05, 4.69) is 41.7 Å². The lowest BCUT2D eigenvalue weighted by molar-refractivity contribution is -0.114. The molecule has 3 N–H and O–H groups in total. The molecule has 8 heteroatoms. The molecule has 33 heavy (non-hydrogen) atoms. The summed E-state index contributed by atoms with van der Waals surface area (Å²) in [5.41, 5.74) is 2.58. The molecular weight excluding hydrogens is 423 g/mol. The van der Waals surface area contributed by atoms with E-state index in [0.29, 0.717) is 17.3 Å². The van der Waals surface area contributed by atoms with Gasteiger partial charge >= 0.3 is 6.03 Å². The molecule has 0 radical (unpaired) electrons. The van der Waals surface area contributed by atoms with Crippen molar-refractivity contribution in [3.05, 3.63) is 71.7 Å². The standard InChI is InChI=1S/C25H27FN4O3/c1-15-6-7-17(25(3,4)5)12-22(15)30-24(32)29-21-9-8-18(13-20(21)26)33-19-10-11-27-23(14-19)28-16(2)31/h6-14H,1-5H3,(H,27,28,31)(H2,29,30,32). The number of urea groups is 1. The van der Waals surface area contributed by atoms with Crippen LogP contribution in [0.3, 0.4) is 0 Å². The van der Waals surface area contributed by atoms with E-state index in [4.69, 9.17) is 4.74 Å². The molecule has 0 aliphatic heterocycles. The molecule has 0 atom stereocenters. The Morgan fingerprint density at radius 1 is 0.909 bits per heavy atom. The molecule has 1 heterocycles. The molecule has 7 nitrogen and oxygen atoms in total. The maximum atomic E-state index is 14.6. The van der Waals surface area contributed by atoms with Crippen molar-refractivity contribution in [2.45, 2.75) is 40.0 Å². The monoisotopic (exact) mass is 450 g/mol. The summed E-state index contributed by atoms with van der Waals surface area (Å²) >= 11 is 0. The molecule has 0 aliphatic rings. The van der Waals surface area contributed by atoms with Crippen LogP contribution in [0.25, 0.3) is 0 Å². The summed E-state index contributed by atoms with van der Waals surface area (Å²) in [6.45, 7) is 9.54. The van der Waals surface area contributed by atoms with E-state index in [9.17, 15) is 14.0 Å². The average Bonchev–Trinajstić information content (AvgIpc) is 2.70. The summed E-state index contributed by atoms with van der Waals surface area (Å²) in [5, 5.41) is 7.86. The van der Waals surface area contributed by atoms with Crippen LogP contribution in [0.5, 0.6) is 11.5 Å². The maximum absolute atomic E-state index is 14.6. The third kappa shape index (κ3) is 6.52. The van der Waals surface area contributed by atoms with E-state index in [0.717, 1.165) is 11.1 Å². The van der Waals surface area contributed by atoms with Crippen LogP contribution >= 0.6 is 0 Å². The number of pyridine rings is 1. The number of hydrogen-bond donors (Lipinski definition) is 3. The van der Waals surface area contributed by atoms with Crippen LogP contribution in [0.2, 0.25) is 0 Å². The van der Waals surface area contributed by atoms with Crippen molar-refractivity contribution in [3.8, 4) is 11.5 Å². The van der Waals surface area contributed by atoms with Crippen LogP contribution in [0.1, 0.15) is 38.8 Å². The quantitative estimate of drug-likeness (QED) is 0.430. The van der Waals surface area contributed by atoms with Crippen molar-refractivity contribution in [1.29, 1.82) is 0 Å². The number of amides is 3. The first-order valence-electron chi connectivity index (χ1n) is 10.4. The number of aromatic nitrogens is 1. The highest BCUT2D eigenvalue weighted by molar-refractivity contribution is 6.00.